The lowest BCUT2D eigenvalue weighted by Gasteiger charge is -2.23. The van der Waals surface area contributed by atoms with Crippen molar-refractivity contribution in [1.82, 2.24) is 5.32 Å². The van der Waals surface area contributed by atoms with Gasteiger partial charge in [-0.25, -0.2) is 0 Å². The molecule has 0 amide bonds. The Morgan fingerprint density at radius 3 is 2.25 bits per heavy atom. The van der Waals surface area contributed by atoms with E-state index < -0.39 is 6.10 Å². The lowest BCUT2D eigenvalue weighted by atomic mass is 10.1. The Balaban J connectivity index is 1.92. The molecule has 2 aromatic rings. The van der Waals surface area contributed by atoms with Crippen LogP contribution in [0.3, 0.4) is 0 Å². The molecule has 0 radical (unpaired) electrons. The molecule has 2 rings (SSSR count). The molecule has 0 aromatic heterocycles. The lowest BCUT2D eigenvalue weighted by Crippen LogP contribution is -2.42. The molecule has 0 heterocycles. The van der Waals surface area contributed by atoms with E-state index >= 15 is 0 Å². The quantitative estimate of drug-likeness (QED) is 0.509. The van der Waals surface area contributed by atoms with Crippen LogP contribution in [0.4, 0.5) is 0 Å². The Morgan fingerprint density at radius 2 is 1.68 bits per heavy atom. The van der Waals surface area contributed by atoms with Gasteiger partial charge in [-0.1, -0.05) is 30.3 Å². The lowest BCUT2D eigenvalue weighted by molar-refractivity contribution is -0.115. The third-order valence-electron chi connectivity index (χ3n) is 3.81. The van der Waals surface area contributed by atoms with Crippen molar-refractivity contribution in [3.05, 3.63) is 65.9 Å². The van der Waals surface area contributed by atoms with Gasteiger partial charge in [0, 0.05) is 19.0 Å². The number of β-amino-alcohol motifs (C(OH)–C–C–N with tert-alkyl or cyclic N) is 1. The molecule has 0 aliphatic carbocycles. The standard InChI is InChI=1S/C23H29NO4/c1-17(25)22(14-18-8-6-5-7-9-18)28-21-12-10-20(11-13-21)27-16-19(26)15-24-23(2,3)4/h5-14,19,24,26H,15-16H2,1-4H3. The largest absolute Gasteiger partial charge is 0.491 e. The maximum atomic E-state index is 11.9. The van der Waals surface area contributed by atoms with Crippen molar-refractivity contribution >= 4 is 11.9 Å². The van der Waals surface area contributed by atoms with Crippen molar-refractivity contribution in [2.45, 2.75) is 39.3 Å². The van der Waals surface area contributed by atoms with Crippen LogP contribution in [0.5, 0.6) is 11.5 Å². The molecule has 0 aliphatic heterocycles. The van der Waals surface area contributed by atoms with Crippen molar-refractivity contribution in [1.29, 1.82) is 0 Å². The monoisotopic (exact) mass is 383 g/mol. The van der Waals surface area contributed by atoms with Crippen molar-refractivity contribution in [2.24, 2.45) is 0 Å². The Kier molecular flexibility index (Phi) is 7.79. The SMILES string of the molecule is CC(=O)C(=Cc1ccccc1)Oc1ccc(OCC(O)CNC(C)(C)C)cc1. The summed E-state index contributed by atoms with van der Waals surface area (Å²) in [5.41, 5.74) is 0.840. The molecule has 0 saturated heterocycles. The van der Waals surface area contributed by atoms with Crippen LogP contribution >= 0.6 is 0 Å². The van der Waals surface area contributed by atoms with Crippen LogP contribution in [0.1, 0.15) is 33.3 Å². The first-order valence-electron chi connectivity index (χ1n) is 9.34. The van der Waals surface area contributed by atoms with Crippen LogP contribution in [-0.4, -0.2) is 35.7 Å². The maximum absolute atomic E-state index is 11.9. The van der Waals surface area contributed by atoms with E-state index in [0.717, 1.165) is 5.56 Å². The molecule has 28 heavy (non-hydrogen) atoms. The molecule has 1 atom stereocenters. The van der Waals surface area contributed by atoms with E-state index in [2.05, 4.69) is 5.32 Å². The average Bonchev–Trinajstić information content (AvgIpc) is 2.65. The smallest absolute Gasteiger partial charge is 0.194 e. The number of nitrogens with one attached hydrogen (secondary N) is 1. The molecule has 1 unspecified atom stereocenters. The maximum Gasteiger partial charge on any atom is 0.194 e. The molecule has 0 aliphatic rings. The van der Waals surface area contributed by atoms with E-state index in [-0.39, 0.29) is 23.7 Å². The van der Waals surface area contributed by atoms with E-state index in [4.69, 9.17) is 9.47 Å². The first-order valence-corrected chi connectivity index (χ1v) is 9.34. The van der Waals surface area contributed by atoms with Gasteiger partial charge in [-0.3, -0.25) is 4.79 Å². The Bertz CT molecular complexity index is 776. The van der Waals surface area contributed by atoms with Crippen LogP contribution in [-0.2, 0) is 4.79 Å². The number of hydrogen-bond donors (Lipinski definition) is 2. The average molecular weight is 383 g/mol. The zero-order valence-corrected chi connectivity index (χ0v) is 16.9. The number of allylic oxidation sites excluding steroid dienone is 1. The van der Waals surface area contributed by atoms with E-state index in [1.807, 2.05) is 51.1 Å². The van der Waals surface area contributed by atoms with E-state index in [9.17, 15) is 9.90 Å². The summed E-state index contributed by atoms with van der Waals surface area (Å²) in [7, 11) is 0. The summed E-state index contributed by atoms with van der Waals surface area (Å²) in [4.78, 5) is 11.9. The van der Waals surface area contributed by atoms with Gasteiger partial charge in [-0.05, 0) is 56.7 Å². The molecule has 0 bridgehead atoms. The number of ketones is 1. The van der Waals surface area contributed by atoms with Crippen LogP contribution in [0.2, 0.25) is 0 Å². The normalized spacial score (nSPS) is 13.1. The third kappa shape index (κ3) is 7.94. The van der Waals surface area contributed by atoms with Gasteiger partial charge >= 0.3 is 0 Å². The minimum absolute atomic E-state index is 0.0539. The second-order valence-electron chi connectivity index (χ2n) is 7.64. The van der Waals surface area contributed by atoms with Gasteiger partial charge in [0.15, 0.2) is 11.5 Å². The highest BCUT2D eigenvalue weighted by molar-refractivity contribution is 5.96. The summed E-state index contributed by atoms with van der Waals surface area (Å²) in [5, 5.41) is 13.2. The fourth-order valence-electron chi connectivity index (χ4n) is 2.31. The molecule has 0 spiro atoms. The zero-order chi connectivity index (χ0) is 20.6. The second-order valence-corrected chi connectivity index (χ2v) is 7.64. The summed E-state index contributed by atoms with van der Waals surface area (Å²) in [5.74, 6) is 1.28. The van der Waals surface area contributed by atoms with Crippen LogP contribution in [0, 0.1) is 0 Å². The van der Waals surface area contributed by atoms with Crippen molar-refractivity contribution < 1.29 is 19.4 Å². The Morgan fingerprint density at radius 1 is 1.07 bits per heavy atom. The van der Waals surface area contributed by atoms with Crippen LogP contribution in [0.25, 0.3) is 6.08 Å². The van der Waals surface area contributed by atoms with E-state index in [0.29, 0.717) is 18.0 Å². The van der Waals surface area contributed by atoms with Gasteiger partial charge in [-0.15, -0.1) is 0 Å². The number of aliphatic hydroxyl groups excluding tert-OH is 1. The number of hydrogen-bond acceptors (Lipinski definition) is 5. The van der Waals surface area contributed by atoms with Gasteiger partial charge in [-0.2, -0.15) is 0 Å². The molecule has 5 nitrogen and oxygen atoms in total. The second kappa shape index (κ2) is 10.1. The molecule has 2 aromatic carbocycles. The minimum atomic E-state index is -0.603. The molecule has 5 heteroatoms. The fraction of sp³-hybridized carbons (Fsp3) is 0.348. The number of carbonyl (C=O) groups excluding carboxylic acids is 1. The first kappa shape index (κ1) is 21.7. The Labute approximate surface area is 167 Å². The number of benzene rings is 2. The summed E-state index contributed by atoms with van der Waals surface area (Å²) in [6, 6.07) is 16.5. The molecular weight excluding hydrogens is 354 g/mol. The van der Waals surface area contributed by atoms with Crippen LogP contribution < -0.4 is 14.8 Å². The zero-order valence-electron chi connectivity index (χ0n) is 16.9. The summed E-state index contributed by atoms with van der Waals surface area (Å²) in [6.45, 7) is 8.24. The highest BCUT2D eigenvalue weighted by atomic mass is 16.5. The van der Waals surface area contributed by atoms with Gasteiger partial charge in [0.1, 0.15) is 24.2 Å². The number of Topliss-reactive ketones (excluding diaryl/α,β-unsaturated/α-hetero) is 1. The van der Waals surface area contributed by atoms with Gasteiger partial charge < -0.3 is 19.9 Å². The fourth-order valence-corrected chi connectivity index (χ4v) is 2.31. The molecule has 2 N–H and O–H groups in total. The summed E-state index contributed by atoms with van der Waals surface area (Å²) < 4.78 is 11.3. The molecule has 0 saturated carbocycles. The van der Waals surface area contributed by atoms with E-state index in [1.165, 1.54) is 6.92 Å². The van der Waals surface area contributed by atoms with Gasteiger partial charge in [0.25, 0.3) is 0 Å². The van der Waals surface area contributed by atoms with E-state index in [1.54, 1.807) is 30.3 Å². The topological polar surface area (TPSA) is 67.8 Å². The Hall–Kier alpha value is -2.63. The first-order chi connectivity index (χ1) is 13.2. The predicted octanol–water partition coefficient (Wildman–Crippen LogP) is 3.82. The molecule has 150 valence electrons. The highest BCUT2D eigenvalue weighted by Crippen LogP contribution is 2.21. The highest BCUT2D eigenvalue weighted by Gasteiger charge is 2.13. The van der Waals surface area contributed by atoms with Gasteiger partial charge in [0.2, 0.25) is 0 Å². The number of aliphatic hydroxyl groups is 1. The van der Waals surface area contributed by atoms with Crippen molar-refractivity contribution in [2.75, 3.05) is 13.2 Å². The van der Waals surface area contributed by atoms with Gasteiger partial charge in [0.05, 0.1) is 0 Å². The minimum Gasteiger partial charge on any atom is -0.491 e. The number of carbonyl (C=O) groups is 1. The number of ether oxygens (including phenoxy) is 2. The number of rotatable bonds is 9. The predicted molar refractivity (Wildman–Crippen MR) is 111 cm³/mol. The van der Waals surface area contributed by atoms with Crippen LogP contribution in [0.15, 0.2) is 60.4 Å². The third-order valence-corrected chi connectivity index (χ3v) is 3.81. The van der Waals surface area contributed by atoms with Crippen molar-refractivity contribution in [3.8, 4) is 11.5 Å². The molecule has 0 fully saturated rings. The van der Waals surface area contributed by atoms with Crippen molar-refractivity contribution in [3.63, 3.8) is 0 Å². The summed E-state index contributed by atoms with van der Waals surface area (Å²) in [6.07, 6.45) is 1.11. The molecular formula is C23H29NO4. The summed E-state index contributed by atoms with van der Waals surface area (Å²) >= 11 is 0.